The summed E-state index contributed by atoms with van der Waals surface area (Å²) < 4.78 is 23.2. The van der Waals surface area contributed by atoms with Crippen molar-refractivity contribution in [1.29, 1.82) is 10.5 Å². The number of ether oxygens (including phenoxy) is 4. The minimum atomic E-state index is -0.514. The fraction of sp³-hybridized carbons (Fsp3) is 0.259. The normalized spacial score (nSPS) is 10.7. The van der Waals surface area contributed by atoms with E-state index < -0.39 is 11.9 Å². The monoisotopic (exact) mass is 854 g/mol. The Hall–Kier alpha value is -7.56. The van der Waals surface area contributed by atoms with Crippen LogP contribution in [0, 0.1) is 22.7 Å². The highest BCUT2D eigenvalue weighted by atomic mass is 16.5. The number of carbonyl (C=O) groups excluding carboxylic acids is 2. The quantitative estimate of drug-likeness (QED) is 0.0359. The summed E-state index contributed by atoms with van der Waals surface area (Å²) in [5.41, 5.74) is 20.1. The highest BCUT2D eigenvalue weighted by Crippen LogP contribution is 2.32. The summed E-state index contributed by atoms with van der Waals surface area (Å²) in [5.74, 6) is 0.603. The lowest BCUT2D eigenvalue weighted by atomic mass is 9.94. The van der Waals surface area contributed by atoms with E-state index in [1.54, 1.807) is 36.4 Å². The number of hydrogen-bond donors (Lipinski definition) is 2. The van der Waals surface area contributed by atoms with E-state index in [9.17, 15) is 9.59 Å². The van der Waals surface area contributed by atoms with Gasteiger partial charge in [0.2, 0.25) is 0 Å². The first-order chi connectivity index (χ1) is 31.3. The number of rotatable bonds is 23. The first-order valence-corrected chi connectivity index (χ1v) is 21.9. The molecule has 0 radical (unpaired) electrons. The molecule has 10 nitrogen and oxygen atoms in total. The average molecular weight is 855 g/mol. The molecule has 0 unspecified atom stereocenters. The Morgan fingerprint density at radius 3 is 1.06 bits per heavy atom. The van der Waals surface area contributed by atoms with E-state index in [1.807, 2.05) is 97.1 Å². The Bertz CT molecular complexity index is 2350. The Labute approximate surface area is 376 Å². The van der Waals surface area contributed by atoms with E-state index in [2.05, 4.69) is 12.1 Å². The predicted octanol–water partition coefficient (Wildman–Crippen LogP) is 12.0. The number of benzene rings is 6. The van der Waals surface area contributed by atoms with Crippen molar-refractivity contribution in [3.8, 4) is 57.0 Å². The molecule has 10 heteroatoms. The molecule has 0 heterocycles. The smallest absolute Gasteiger partial charge is 0.338 e. The van der Waals surface area contributed by atoms with Gasteiger partial charge in [-0.1, -0.05) is 99.2 Å². The first-order valence-electron chi connectivity index (χ1n) is 21.9. The highest BCUT2D eigenvalue weighted by molar-refractivity contribution is 6.04. The van der Waals surface area contributed by atoms with E-state index in [1.165, 1.54) is 0 Å². The van der Waals surface area contributed by atoms with Crippen molar-refractivity contribution in [1.82, 2.24) is 0 Å². The van der Waals surface area contributed by atoms with Gasteiger partial charge < -0.3 is 30.4 Å². The number of carbonyl (C=O) groups is 2. The van der Waals surface area contributed by atoms with Crippen molar-refractivity contribution in [3.63, 3.8) is 0 Å². The number of nitrogens with zero attached hydrogens (tertiary/aromatic N) is 2. The van der Waals surface area contributed by atoms with Crippen molar-refractivity contribution >= 4 is 23.3 Å². The average Bonchev–Trinajstić information content (AvgIpc) is 3.33. The SMILES string of the molecule is N#Cc1ccc(-c2ccc(OCCCCCCCOC(=O)c3cc(N)ccc3-c3ccc(N)cc3C(=O)OCCCCCCCOc3ccc(-c4ccc(C#N)cc4)cc3)cc2)cc1. The third kappa shape index (κ3) is 13.7. The van der Waals surface area contributed by atoms with Crippen LogP contribution in [0.1, 0.15) is 96.1 Å². The summed E-state index contributed by atoms with van der Waals surface area (Å²) in [4.78, 5) is 26.8. The maximum absolute atomic E-state index is 13.4. The number of anilines is 2. The van der Waals surface area contributed by atoms with Crippen molar-refractivity contribution in [3.05, 3.63) is 156 Å². The second-order valence-corrected chi connectivity index (χ2v) is 15.5. The van der Waals surface area contributed by atoms with E-state index in [0.29, 0.717) is 59.7 Å². The maximum Gasteiger partial charge on any atom is 0.338 e. The van der Waals surface area contributed by atoms with Crippen LogP contribution in [0.5, 0.6) is 11.5 Å². The molecule has 0 aliphatic heterocycles. The van der Waals surface area contributed by atoms with Gasteiger partial charge in [0.15, 0.2) is 0 Å². The largest absolute Gasteiger partial charge is 0.494 e. The summed E-state index contributed by atoms with van der Waals surface area (Å²) in [6, 6.07) is 45.1. The lowest BCUT2D eigenvalue weighted by molar-refractivity contribution is 0.0486. The molecule has 0 atom stereocenters. The molecule has 0 spiro atoms. The molecule has 6 aromatic rings. The summed E-state index contributed by atoms with van der Waals surface area (Å²) >= 11 is 0. The van der Waals surface area contributed by atoms with Crippen LogP contribution in [0.25, 0.3) is 33.4 Å². The third-order valence-electron chi connectivity index (χ3n) is 10.8. The molecule has 0 aliphatic carbocycles. The molecular formula is C54H54N4O6. The second kappa shape index (κ2) is 24.2. The first kappa shape index (κ1) is 46.0. The van der Waals surface area contributed by atoms with E-state index in [-0.39, 0.29) is 24.3 Å². The standard InChI is InChI=1S/C54H54N4O6/c55-37-39-11-15-41(16-12-39)43-19-25-47(26-20-43)61-31-7-3-1-5-9-33-63-53(59)51-35-45(57)23-29-49(51)50-30-24-46(58)36-52(50)54(60)64-34-10-6-2-4-8-32-62-48-27-21-44(22-28-48)42-17-13-40(38-56)14-18-42/h11-30,35-36H,1-10,31-34,57-58H2. The van der Waals surface area contributed by atoms with Crippen molar-refractivity contribution < 1.29 is 28.5 Å². The van der Waals surface area contributed by atoms with Crippen LogP contribution in [-0.2, 0) is 9.47 Å². The molecule has 0 amide bonds. The fourth-order valence-corrected chi connectivity index (χ4v) is 7.23. The summed E-state index contributed by atoms with van der Waals surface area (Å²) in [6.07, 6.45) is 8.99. The molecule has 0 aliphatic rings. The van der Waals surface area contributed by atoms with Gasteiger partial charge in [0.25, 0.3) is 0 Å². The second-order valence-electron chi connectivity index (χ2n) is 15.5. The zero-order valence-electron chi connectivity index (χ0n) is 36.1. The van der Waals surface area contributed by atoms with E-state index in [4.69, 9.17) is 40.9 Å². The summed E-state index contributed by atoms with van der Waals surface area (Å²) in [7, 11) is 0. The number of nitrogens with two attached hydrogens (primary N) is 2. The molecule has 0 saturated heterocycles. The number of nitriles is 2. The van der Waals surface area contributed by atoms with Crippen LogP contribution in [0.15, 0.2) is 133 Å². The maximum atomic E-state index is 13.4. The molecule has 6 rings (SSSR count). The number of unbranched alkanes of at least 4 members (excludes halogenated alkanes) is 8. The molecular weight excluding hydrogens is 801 g/mol. The zero-order valence-corrected chi connectivity index (χ0v) is 36.1. The molecule has 0 aromatic heterocycles. The number of hydrogen-bond acceptors (Lipinski definition) is 10. The molecule has 0 bridgehead atoms. The zero-order chi connectivity index (χ0) is 44.9. The summed E-state index contributed by atoms with van der Waals surface area (Å²) in [5, 5.41) is 18.0. The topological polar surface area (TPSA) is 171 Å². The Kier molecular flexibility index (Phi) is 17.4. The predicted molar refractivity (Wildman–Crippen MR) is 252 cm³/mol. The van der Waals surface area contributed by atoms with Crippen LogP contribution in [0.4, 0.5) is 11.4 Å². The van der Waals surface area contributed by atoms with Crippen molar-refractivity contribution in [2.45, 2.75) is 64.2 Å². The van der Waals surface area contributed by atoms with Crippen LogP contribution in [-0.4, -0.2) is 38.4 Å². The van der Waals surface area contributed by atoms with Crippen LogP contribution in [0.2, 0.25) is 0 Å². The Morgan fingerprint density at radius 1 is 0.406 bits per heavy atom. The highest BCUT2D eigenvalue weighted by Gasteiger charge is 2.21. The molecule has 326 valence electrons. The van der Waals surface area contributed by atoms with E-state index in [0.717, 1.165) is 85.1 Å². The third-order valence-corrected chi connectivity index (χ3v) is 10.8. The summed E-state index contributed by atoms with van der Waals surface area (Å²) in [6.45, 7) is 1.74. The number of nitrogen functional groups attached to an aromatic ring is 2. The molecule has 6 aromatic carbocycles. The van der Waals surface area contributed by atoms with Gasteiger partial charge in [0.05, 0.1) is 60.8 Å². The van der Waals surface area contributed by atoms with Gasteiger partial charge >= 0.3 is 11.9 Å². The van der Waals surface area contributed by atoms with Crippen LogP contribution >= 0.6 is 0 Å². The van der Waals surface area contributed by atoms with Crippen LogP contribution in [0.3, 0.4) is 0 Å². The fourth-order valence-electron chi connectivity index (χ4n) is 7.23. The van der Waals surface area contributed by atoms with E-state index >= 15 is 0 Å². The van der Waals surface area contributed by atoms with Gasteiger partial charge in [-0.05, 0) is 132 Å². The van der Waals surface area contributed by atoms with Gasteiger partial charge in [-0.15, -0.1) is 0 Å². The van der Waals surface area contributed by atoms with Gasteiger partial charge in [-0.2, -0.15) is 10.5 Å². The van der Waals surface area contributed by atoms with Gasteiger partial charge in [0.1, 0.15) is 11.5 Å². The number of esters is 2. The minimum absolute atomic E-state index is 0.259. The van der Waals surface area contributed by atoms with Gasteiger partial charge in [-0.3, -0.25) is 0 Å². The lowest BCUT2D eigenvalue weighted by Crippen LogP contribution is -2.12. The Morgan fingerprint density at radius 2 is 0.719 bits per heavy atom. The van der Waals surface area contributed by atoms with Gasteiger partial charge in [-0.25, -0.2) is 9.59 Å². The van der Waals surface area contributed by atoms with Crippen LogP contribution < -0.4 is 20.9 Å². The molecule has 0 saturated carbocycles. The van der Waals surface area contributed by atoms with Crippen molar-refractivity contribution in [2.75, 3.05) is 37.9 Å². The molecule has 0 fully saturated rings. The van der Waals surface area contributed by atoms with Gasteiger partial charge in [0, 0.05) is 11.4 Å². The Balaban J connectivity index is 0.867. The minimum Gasteiger partial charge on any atom is -0.494 e. The molecule has 64 heavy (non-hydrogen) atoms. The molecule has 4 N–H and O–H groups in total. The van der Waals surface area contributed by atoms with Crippen molar-refractivity contribution in [2.24, 2.45) is 0 Å². The lowest BCUT2D eigenvalue weighted by Gasteiger charge is -2.15.